The van der Waals surface area contributed by atoms with E-state index in [1.807, 2.05) is 22.8 Å². The zero-order valence-electron chi connectivity index (χ0n) is 10.5. The van der Waals surface area contributed by atoms with E-state index in [-0.39, 0.29) is 0 Å². The highest BCUT2D eigenvalue weighted by atomic mass is 79.9. The highest BCUT2D eigenvalue weighted by Gasteiger charge is 2.18. The number of nitrogens with zero attached hydrogens (tertiary/aromatic N) is 4. The first-order valence-electron chi connectivity index (χ1n) is 6.40. The first-order valence-corrected chi connectivity index (χ1v) is 7.19. The molecule has 3 rings (SSSR count). The average Bonchev–Trinajstić information content (AvgIpc) is 2.73. The Bertz CT molecular complexity index is 543. The Kier molecular flexibility index (Phi) is 3.35. The summed E-state index contributed by atoms with van der Waals surface area (Å²) in [6.07, 6.45) is 5.49. The number of fused-ring (bicyclic) bond motifs is 1. The third-order valence-electron chi connectivity index (χ3n) is 3.65. The van der Waals surface area contributed by atoms with Crippen LogP contribution in [0, 0.1) is 5.92 Å². The standard InChI is InChI=1S/C13H17BrN4/c1-17-6-4-10(5-7-17)8-12-15-13-3-2-11(14)9-18(13)16-12/h2-3,9-10H,4-8H2,1H3. The molecule has 1 fully saturated rings. The number of aromatic nitrogens is 3. The van der Waals surface area contributed by atoms with Gasteiger partial charge < -0.3 is 4.90 Å². The molecule has 96 valence electrons. The second-order valence-electron chi connectivity index (χ2n) is 5.13. The molecule has 0 aliphatic carbocycles. The number of halogens is 1. The zero-order chi connectivity index (χ0) is 12.5. The van der Waals surface area contributed by atoms with Gasteiger partial charge in [-0.15, -0.1) is 0 Å². The molecule has 0 bridgehead atoms. The van der Waals surface area contributed by atoms with Crippen molar-refractivity contribution in [1.82, 2.24) is 19.5 Å². The van der Waals surface area contributed by atoms with Crippen molar-refractivity contribution in [2.45, 2.75) is 19.3 Å². The maximum atomic E-state index is 4.58. The van der Waals surface area contributed by atoms with Crippen LogP contribution in [0.1, 0.15) is 18.7 Å². The Labute approximate surface area is 115 Å². The van der Waals surface area contributed by atoms with Crippen LogP contribution in [0.3, 0.4) is 0 Å². The van der Waals surface area contributed by atoms with Crippen LogP contribution in [0.4, 0.5) is 0 Å². The van der Waals surface area contributed by atoms with Crippen molar-refractivity contribution < 1.29 is 0 Å². The van der Waals surface area contributed by atoms with Gasteiger partial charge in [0.1, 0.15) is 0 Å². The van der Waals surface area contributed by atoms with E-state index in [0.717, 1.165) is 28.3 Å². The van der Waals surface area contributed by atoms with Crippen molar-refractivity contribution in [3.63, 3.8) is 0 Å². The first-order chi connectivity index (χ1) is 8.70. The largest absolute Gasteiger partial charge is 0.306 e. The Hall–Kier alpha value is -0.940. The Morgan fingerprint density at radius 3 is 2.89 bits per heavy atom. The second-order valence-corrected chi connectivity index (χ2v) is 6.04. The quantitative estimate of drug-likeness (QED) is 0.854. The van der Waals surface area contributed by atoms with Gasteiger partial charge in [0.2, 0.25) is 0 Å². The summed E-state index contributed by atoms with van der Waals surface area (Å²) in [7, 11) is 2.19. The number of rotatable bonds is 2. The van der Waals surface area contributed by atoms with Gasteiger partial charge in [0.15, 0.2) is 11.5 Å². The molecule has 1 saturated heterocycles. The normalized spacial score (nSPS) is 18.6. The summed E-state index contributed by atoms with van der Waals surface area (Å²) in [6.45, 7) is 2.40. The third-order valence-corrected chi connectivity index (χ3v) is 4.12. The van der Waals surface area contributed by atoms with Crippen LogP contribution in [0.25, 0.3) is 5.65 Å². The Morgan fingerprint density at radius 2 is 2.11 bits per heavy atom. The minimum absolute atomic E-state index is 0.738. The number of pyridine rings is 1. The lowest BCUT2D eigenvalue weighted by molar-refractivity contribution is 0.217. The van der Waals surface area contributed by atoms with Crippen LogP contribution in [0.5, 0.6) is 0 Å². The Balaban J connectivity index is 1.74. The first kappa shape index (κ1) is 12.1. The molecule has 0 spiro atoms. The molecule has 0 unspecified atom stereocenters. The van der Waals surface area contributed by atoms with Crippen LogP contribution >= 0.6 is 15.9 Å². The highest BCUT2D eigenvalue weighted by molar-refractivity contribution is 9.10. The summed E-state index contributed by atoms with van der Waals surface area (Å²) in [4.78, 5) is 6.98. The second kappa shape index (κ2) is 4.97. The smallest absolute Gasteiger partial charge is 0.155 e. The van der Waals surface area contributed by atoms with Crippen molar-refractivity contribution in [2.24, 2.45) is 5.92 Å². The van der Waals surface area contributed by atoms with Crippen molar-refractivity contribution in [2.75, 3.05) is 20.1 Å². The molecular formula is C13H17BrN4. The molecule has 0 radical (unpaired) electrons. The van der Waals surface area contributed by atoms with Gasteiger partial charge in [0, 0.05) is 17.1 Å². The lowest BCUT2D eigenvalue weighted by Gasteiger charge is -2.28. The van der Waals surface area contributed by atoms with Gasteiger partial charge in [0.05, 0.1) is 0 Å². The molecule has 2 aromatic heterocycles. The van der Waals surface area contributed by atoms with Crippen molar-refractivity contribution >= 4 is 21.6 Å². The lowest BCUT2D eigenvalue weighted by Crippen LogP contribution is -2.31. The maximum Gasteiger partial charge on any atom is 0.155 e. The number of likely N-dealkylation sites (tertiary alicyclic amines) is 1. The van der Waals surface area contributed by atoms with Crippen LogP contribution in [0.15, 0.2) is 22.8 Å². The Morgan fingerprint density at radius 1 is 1.33 bits per heavy atom. The molecule has 4 nitrogen and oxygen atoms in total. The molecule has 0 saturated carbocycles. The molecule has 1 aliphatic rings. The van der Waals surface area contributed by atoms with Gasteiger partial charge in [-0.1, -0.05) is 0 Å². The monoisotopic (exact) mass is 308 g/mol. The summed E-state index contributed by atoms with van der Waals surface area (Å²) in [5, 5.41) is 4.55. The van der Waals surface area contributed by atoms with E-state index in [2.05, 4.69) is 38.0 Å². The molecule has 5 heteroatoms. The van der Waals surface area contributed by atoms with Gasteiger partial charge >= 0.3 is 0 Å². The number of hydrogen-bond donors (Lipinski definition) is 0. The topological polar surface area (TPSA) is 33.4 Å². The van der Waals surface area contributed by atoms with E-state index in [1.165, 1.54) is 25.9 Å². The molecule has 0 N–H and O–H groups in total. The van der Waals surface area contributed by atoms with Crippen molar-refractivity contribution in [1.29, 1.82) is 0 Å². The number of piperidine rings is 1. The van der Waals surface area contributed by atoms with Gasteiger partial charge in [-0.25, -0.2) is 9.50 Å². The van der Waals surface area contributed by atoms with Gasteiger partial charge in [-0.05, 0) is 67.0 Å². The highest BCUT2D eigenvalue weighted by Crippen LogP contribution is 2.20. The molecule has 0 aromatic carbocycles. The minimum atomic E-state index is 0.738. The average molecular weight is 309 g/mol. The molecule has 18 heavy (non-hydrogen) atoms. The fourth-order valence-electron chi connectivity index (χ4n) is 2.51. The van der Waals surface area contributed by atoms with Crippen molar-refractivity contribution in [3.8, 4) is 0 Å². The van der Waals surface area contributed by atoms with E-state index >= 15 is 0 Å². The SMILES string of the molecule is CN1CCC(Cc2nc3ccc(Br)cn3n2)CC1. The number of hydrogen-bond acceptors (Lipinski definition) is 3. The fourth-order valence-corrected chi connectivity index (χ4v) is 2.84. The summed E-state index contributed by atoms with van der Waals surface area (Å²) in [5.41, 5.74) is 0.932. The molecule has 2 aromatic rings. The predicted molar refractivity (Wildman–Crippen MR) is 74.6 cm³/mol. The minimum Gasteiger partial charge on any atom is -0.306 e. The van der Waals surface area contributed by atoms with Crippen LogP contribution in [-0.4, -0.2) is 39.6 Å². The predicted octanol–water partition coefficient (Wildman–Crippen LogP) is 2.38. The summed E-state index contributed by atoms with van der Waals surface area (Å²) in [5.74, 6) is 1.71. The van der Waals surface area contributed by atoms with E-state index in [0.29, 0.717) is 0 Å². The van der Waals surface area contributed by atoms with Crippen LogP contribution in [0.2, 0.25) is 0 Å². The summed E-state index contributed by atoms with van der Waals surface area (Å²) < 4.78 is 2.89. The van der Waals surface area contributed by atoms with Gasteiger partial charge in [-0.2, -0.15) is 5.10 Å². The van der Waals surface area contributed by atoms with Crippen LogP contribution < -0.4 is 0 Å². The fraction of sp³-hybridized carbons (Fsp3) is 0.538. The zero-order valence-corrected chi connectivity index (χ0v) is 12.1. The van der Waals surface area contributed by atoms with E-state index < -0.39 is 0 Å². The van der Waals surface area contributed by atoms with Crippen molar-refractivity contribution in [3.05, 3.63) is 28.6 Å². The maximum absolute atomic E-state index is 4.58. The lowest BCUT2D eigenvalue weighted by atomic mass is 9.94. The third kappa shape index (κ3) is 2.57. The van der Waals surface area contributed by atoms with E-state index in [4.69, 9.17) is 0 Å². The molecule has 3 heterocycles. The molecular weight excluding hydrogens is 292 g/mol. The van der Waals surface area contributed by atoms with E-state index in [1.54, 1.807) is 0 Å². The van der Waals surface area contributed by atoms with Gasteiger partial charge in [-0.3, -0.25) is 0 Å². The summed E-state index contributed by atoms with van der Waals surface area (Å²) >= 11 is 3.45. The molecule has 1 aliphatic heterocycles. The van der Waals surface area contributed by atoms with Gasteiger partial charge in [0.25, 0.3) is 0 Å². The van der Waals surface area contributed by atoms with Crippen LogP contribution in [-0.2, 0) is 6.42 Å². The van der Waals surface area contributed by atoms with E-state index in [9.17, 15) is 0 Å². The summed E-state index contributed by atoms with van der Waals surface area (Å²) in [6, 6.07) is 4.00. The molecule has 0 atom stereocenters. The molecule has 0 amide bonds.